The number of oxime groups is 3. The minimum Gasteiger partial charge on any atom is -0.399 e. The van der Waals surface area contributed by atoms with Crippen LogP contribution in [0.1, 0.15) is 31.9 Å². The minimum atomic E-state index is -0.362. The van der Waals surface area contributed by atoms with Gasteiger partial charge in [-0.15, -0.1) is 0 Å². The lowest BCUT2D eigenvalue weighted by Crippen LogP contribution is -2.29. The van der Waals surface area contributed by atoms with Crippen LogP contribution in [0.15, 0.2) is 39.7 Å². The van der Waals surface area contributed by atoms with E-state index in [2.05, 4.69) is 20.8 Å². The van der Waals surface area contributed by atoms with Crippen LogP contribution in [0.25, 0.3) is 0 Å². The molecule has 1 atom stereocenters. The Balaban J connectivity index is 3.17. The third-order valence-electron chi connectivity index (χ3n) is 3.37. The van der Waals surface area contributed by atoms with Crippen LogP contribution < -0.4 is 5.32 Å². The maximum atomic E-state index is 12.1. The van der Waals surface area contributed by atoms with Gasteiger partial charge in [-0.2, -0.15) is 0 Å². The van der Waals surface area contributed by atoms with Gasteiger partial charge in [0.2, 0.25) is 0 Å². The quantitative estimate of drug-likeness (QED) is 0.574. The van der Waals surface area contributed by atoms with Crippen LogP contribution in [-0.4, -0.2) is 50.4 Å². The second kappa shape index (κ2) is 10.1. The van der Waals surface area contributed by atoms with E-state index in [-0.39, 0.29) is 17.7 Å². The van der Waals surface area contributed by atoms with Gasteiger partial charge in [-0.25, -0.2) is 0 Å². The van der Waals surface area contributed by atoms with Gasteiger partial charge in [-0.1, -0.05) is 39.7 Å². The second-order valence-corrected chi connectivity index (χ2v) is 5.09. The Labute approximate surface area is 147 Å². The Morgan fingerprint density at radius 2 is 1.64 bits per heavy atom. The van der Waals surface area contributed by atoms with Crippen LogP contribution in [-0.2, 0) is 19.3 Å². The van der Waals surface area contributed by atoms with E-state index in [0.717, 1.165) is 0 Å². The molecule has 1 amide bonds. The SMILES string of the molecule is CNC(=O)/C(=N/OC)c1ccccc1/C(C)=N/OC(C)/C(C)=N/OC. The molecule has 0 bridgehead atoms. The molecule has 0 saturated carbocycles. The molecule has 1 N–H and O–H groups in total. The van der Waals surface area contributed by atoms with Crippen molar-refractivity contribution in [1.29, 1.82) is 0 Å². The van der Waals surface area contributed by atoms with E-state index in [1.807, 2.05) is 19.1 Å². The van der Waals surface area contributed by atoms with Crippen LogP contribution >= 0.6 is 0 Å². The van der Waals surface area contributed by atoms with Crippen LogP contribution in [0.2, 0.25) is 0 Å². The molecular formula is C17H24N4O4. The Hall–Kier alpha value is -2.90. The molecule has 1 aromatic rings. The van der Waals surface area contributed by atoms with Gasteiger partial charge >= 0.3 is 0 Å². The first-order valence-corrected chi connectivity index (χ1v) is 7.67. The van der Waals surface area contributed by atoms with Crippen molar-refractivity contribution in [2.75, 3.05) is 21.3 Å². The summed E-state index contributed by atoms with van der Waals surface area (Å²) in [7, 11) is 4.38. The van der Waals surface area contributed by atoms with E-state index in [9.17, 15) is 4.79 Å². The first-order valence-electron chi connectivity index (χ1n) is 7.67. The average Bonchev–Trinajstić information content (AvgIpc) is 2.63. The number of carbonyl (C=O) groups excluding carboxylic acids is 1. The van der Waals surface area contributed by atoms with Crippen molar-refractivity contribution < 1.29 is 19.3 Å². The third kappa shape index (κ3) is 5.59. The molecule has 0 radical (unpaired) electrons. The fourth-order valence-corrected chi connectivity index (χ4v) is 1.93. The zero-order valence-corrected chi connectivity index (χ0v) is 15.4. The molecule has 0 saturated heterocycles. The standard InChI is InChI=1S/C17H24N4O4/c1-11(19-23-5)13(3)25-20-12(2)14-9-7-8-10-15(14)16(21-24-6)17(22)18-4/h7-10,13H,1-6H3,(H,18,22)/b19-11+,20-12+,21-16+. The molecule has 136 valence electrons. The molecule has 1 aromatic carbocycles. The van der Waals surface area contributed by atoms with E-state index in [1.54, 1.807) is 26.0 Å². The van der Waals surface area contributed by atoms with Crippen LogP contribution in [0, 0.1) is 0 Å². The molecule has 0 aliphatic carbocycles. The van der Waals surface area contributed by atoms with Gasteiger partial charge in [-0.05, 0) is 20.8 Å². The molecular weight excluding hydrogens is 324 g/mol. The topological polar surface area (TPSA) is 93.9 Å². The molecule has 25 heavy (non-hydrogen) atoms. The van der Waals surface area contributed by atoms with Crippen LogP contribution in [0.4, 0.5) is 0 Å². The number of hydrogen-bond donors (Lipinski definition) is 1. The van der Waals surface area contributed by atoms with Crippen molar-refractivity contribution in [2.24, 2.45) is 15.5 Å². The fraction of sp³-hybridized carbons (Fsp3) is 0.412. The second-order valence-electron chi connectivity index (χ2n) is 5.09. The number of rotatable bonds is 8. The number of nitrogens with one attached hydrogen (secondary N) is 1. The Morgan fingerprint density at radius 1 is 1.04 bits per heavy atom. The molecule has 0 heterocycles. The van der Waals surface area contributed by atoms with Gasteiger partial charge in [0.05, 0.1) is 11.4 Å². The Kier molecular flexibility index (Phi) is 8.11. The smallest absolute Gasteiger partial charge is 0.273 e. The average molecular weight is 348 g/mol. The highest BCUT2D eigenvalue weighted by atomic mass is 16.6. The van der Waals surface area contributed by atoms with E-state index in [4.69, 9.17) is 14.5 Å². The molecule has 1 rings (SSSR count). The van der Waals surface area contributed by atoms with E-state index >= 15 is 0 Å². The van der Waals surface area contributed by atoms with Crippen LogP contribution in [0.3, 0.4) is 0 Å². The minimum absolute atomic E-state index is 0.153. The van der Waals surface area contributed by atoms with Gasteiger partial charge in [0, 0.05) is 18.2 Å². The van der Waals surface area contributed by atoms with E-state index in [1.165, 1.54) is 21.3 Å². The molecule has 8 heteroatoms. The number of benzene rings is 1. The monoisotopic (exact) mass is 348 g/mol. The number of nitrogens with zero attached hydrogens (tertiary/aromatic N) is 3. The molecule has 0 spiro atoms. The lowest BCUT2D eigenvalue weighted by atomic mass is 9.99. The Bertz CT molecular complexity index is 683. The zero-order chi connectivity index (χ0) is 18.8. The number of carbonyl (C=O) groups is 1. The lowest BCUT2D eigenvalue weighted by Gasteiger charge is -2.12. The lowest BCUT2D eigenvalue weighted by molar-refractivity contribution is -0.114. The van der Waals surface area contributed by atoms with Gasteiger partial charge in [0.1, 0.15) is 14.2 Å². The van der Waals surface area contributed by atoms with Gasteiger partial charge in [0.25, 0.3) is 5.91 Å². The maximum Gasteiger partial charge on any atom is 0.273 e. The molecule has 1 unspecified atom stereocenters. The molecule has 0 aromatic heterocycles. The van der Waals surface area contributed by atoms with Crippen LogP contribution in [0.5, 0.6) is 0 Å². The highest BCUT2D eigenvalue weighted by molar-refractivity contribution is 6.46. The maximum absolute atomic E-state index is 12.1. The largest absolute Gasteiger partial charge is 0.399 e. The number of hydrogen-bond acceptors (Lipinski definition) is 7. The third-order valence-corrected chi connectivity index (χ3v) is 3.37. The first-order chi connectivity index (χ1) is 12.0. The summed E-state index contributed by atoms with van der Waals surface area (Å²) in [6, 6.07) is 7.24. The van der Waals surface area contributed by atoms with E-state index < -0.39 is 0 Å². The summed E-state index contributed by atoms with van der Waals surface area (Å²) >= 11 is 0. The van der Waals surface area contributed by atoms with E-state index in [0.29, 0.717) is 22.6 Å². The highest BCUT2D eigenvalue weighted by Gasteiger charge is 2.19. The predicted octanol–water partition coefficient (Wildman–Crippen LogP) is 1.93. The predicted molar refractivity (Wildman–Crippen MR) is 96.9 cm³/mol. The van der Waals surface area contributed by atoms with Crippen molar-refractivity contribution >= 4 is 23.0 Å². The summed E-state index contributed by atoms with van der Waals surface area (Å²) in [5.41, 5.74) is 2.68. The highest BCUT2D eigenvalue weighted by Crippen LogP contribution is 2.13. The van der Waals surface area contributed by atoms with Crippen molar-refractivity contribution in [1.82, 2.24) is 5.32 Å². The Morgan fingerprint density at radius 3 is 2.20 bits per heavy atom. The summed E-state index contributed by atoms with van der Waals surface area (Å²) in [6.45, 7) is 5.37. The first kappa shape index (κ1) is 20.1. The number of amides is 1. The molecule has 0 fully saturated rings. The summed E-state index contributed by atoms with van der Waals surface area (Å²) in [4.78, 5) is 27.1. The summed E-state index contributed by atoms with van der Waals surface area (Å²) in [6.07, 6.45) is -0.354. The van der Waals surface area contributed by atoms with Crippen molar-refractivity contribution in [3.63, 3.8) is 0 Å². The fourth-order valence-electron chi connectivity index (χ4n) is 1.93. The van der Waals surface area contributed by atoms with Crippen molar-refractivity contribution in [3.8, 4) is 0 Å². The van der Waals surface area contributed by atoms with Crippen molar-refractivity contribution in [3.05, 3.63) is 35.4 Å². The summed E-state index contributed by atoms with van der Waals surface area (Å²) in [5, 5.41) is 14.3. The normalized spacial score (nSPS) is 13.9. The van der Waals surface area contributed by atoms with Gasteiger partial charge < -0.3 is 19.8 Å². The molecule has 0 aliphatic heterocycles. The number of likely N-dealkylation sites (N-methyl/N-ethyl adjacent to an activating group) is 1. The van der Waals surface area contributed by atoms with Gasteiger partial charge in [0.15, 0.2) is 11.8 Å². The zero-order valence-electron chi connectivity index (χ0n) is 15.4. The van der Waals surface area contributed by atoms with Crippen molar-refractivity contribution in [2.45, 2.75) is 26.9 Å². The summed E-state index contributed by atoms with van der Waals surface area (Å²) < 4.78 is 0. The molecule has 0 aliphatic rings. The molecule has 8 nitrogen and oxygen atoms in total. The summed E-state index contributed by atoms with van der Waals surface area (Å²) in [5.74, 6) is -0.362. The van der Waals surface area contributed by atoms with Gasteiger partial charge in [-0.3, -0.25) is 4.79 Å².